The van der Waals surface area contributed by atoms with Crippen LogP contribution in [0.3, 0.4) is 0 Å². The van der Waals surface area contributed by atoms with Crippen LogP contribution in [0.25, 0.3) is 0 Å². The topological polar surface area (TPSA) is 104 Å². The summed E-state index contributed by atoms with van der Waals surface area (Å²) in [7, 11) is 0. The molecular weight excluding hydrogens is 136 g/mol. The molecule has 6 nitrogen and oxygen atoms in total. The molecule has 0 fully saturated rings. The maximum Gasteiger partial charge on any atom is 0.410 e. The molecule has 6 heteroatoms. The molecule has 1 rings (SSSR count). The summed E-state index contributed by atoms with van der Waals surface area (Å²) < 4.78 is 0. The van der Waals surface area contributed by atoms with E-state index in [9.17, 15) is 4.79 Å². The first kappa shape index (κ1) is 6.40. The third-order valence-corrected chi connectivity index (χ3v) is 0.837. The number of aromatic nitrogens is 2. The van der Waals surface area contributed by atoms with Crippen LogP contribution in [-0.2, 0) is 0 Å². The maximum atomic E-state index is 9.98. The van der Waals surface area contributed by atoms with Crippen molar-refractivity contribution in [2.45, 2.75) is 0 Å². The Balaban J connectivity index is 2.67. The first-order valence-corrected chi connectivity index (χ1v) is 2.49. The van der Waals surface area contributed by atoms with Gasteiger partial charge in [-0.05, 0) is 0 Å². The Kier molecular flexibility index (Phi) is 1.44. The molecule has 0 saturated heterocycles. The first-order chi connectivity index (χ1) is 4.68. The molecule has 1 aromatic rings. The van der Waals surface area contributed by atoms with Crippen LogP contribution in [-0.4, -0.2) is 21.2 Å². The molecule has 0 aliphatic carbocycles. The first-order valence-electron chi connectivity index (χ1n) is 2.49. The van der Waals surface area contributed by atoms with Crippen LogP contribution in [0.5, 0.6) is 0 Å². The number of anilines is 2. The number of nitrogen functional groups attached to an aromatic ring is 1. The Morgan fingerprint density at radius 1 is 1.90 bits per heavy atom. The number of carbonyl (C=O) groups is 1. The molecule has 10 heavy (non-hydrogen) atoms. The summed E-state index contributed by atoms with van der Waals surface area (Å²) >= 11 is 0. The molecule has 1 heterocycles. The highest BCUT2D eigenvalue weighted by atomic mass is 16.4. The Labute approximate surface area is 56.1 Å². The fourth-order valence-corrected chi connectivity index (χ4v) is 0.515. The molecule has 0 radical (unpaired) electrons. The molecule has 5 N–H and O–H groups in total. The van der Waals surface area contributed by atoms with Crippen molar-refractivity contribution >= 4 is 17.9 Å². The number of nitrogens with two attached hydrogens (primary N) is 1. The van der Waals surface area contributed by atoms with Gasteiger partial charge in [-0.3, -0.25) is 5.32 Å². The van der Waals surface area contributed by atoms with Gasteiger partial charge in [-0.1, -0.05) is 0 Å². The minimum absolute atomic E-state index is 0.184. The number of amides is 1. The number of hydrogen-bond donors (Lipinski definition) is 4. The van der Waals surface area contributed by atoms with Crippen LogP contribution in [0.4, 0.5) is 16.6 Å². The van der Waals surface area contributed by atoms with E-state index in [1.54, 1.807) is 0 Å². The van der Waals surface area contributed by atoms with E-state index in [2.05, 4.69) is 9.97 Å². The highest BCUT2D eigenvalue weighted by Crippen LogP contribution is 2.02. The van der Waals surface area contributed by atoms with Gasteiger partial charge in [0.05, 0.1) is 6.20 Å². The Morgan fingerprint density at radius 2 is 2.60 bits per heavy atom. The van der Waals surface area contributed by atoms with Crippen molar-refractivity contribution in [3.05, 3.63) is 6.20 Å². The molecule has 0 aromatic carbocycles. The van der Waals surface area contributed by atoms with E-state index in [0.29, 0.717) is 0 Å². The molecule has 0 saturated carbocycles. The van der Waals surface area contributed by atoms with Gasteiger partial charge in [-0.15, -0.1) is 0 Å². The fourth-order valence-electron chi connectivity index (χ4n) is 0.515. The van der Waals surface area contributed by atoms with E-state index in [1.807, 2.05) is 5.32 Å². The minimum atomic E-state index is -1.15. The predicted molar refractivity (Wildman–Crippen MR) is 34.6 cm³/mol. The lowest BCUT2D eigenvalue weighted by molar-refractivity contribution is 0.209. The van der Waals surface area contributed by atoms with Gasteiger partial charge < -0.3 is 15.8 Å². The smallest absolute Gasteiger partial charge is 0.410 e. The number of nitrogens with one attached hydrogen (secondary N) is 2. The van der Waals surface area contributed by atoms with Gasteiger partial charge in [-0.2, -0.15) is 0 Å². The van der Waals surface area contributed by atoms with Gasteiger partial charge in [0.15, 0.2) is 5.95 Å². The Hall–Kier alpha value is -1.72. The van der Waals surface area contributed by atoms with Crippen molar-refractivity contribution in [3.63, 3.8) is 0 Å². The summed E-state index contributed by atoms with van der Waals surface area (Å²) in [6.07, 6.45) is 0.146. The molecule has 0 aliphatic rings. The lowest BCUT2D eigenvalue weighted by Gasteiger charge is -1.91. The number of aromatic amines is 1. The zero-order valence-corrected chi connectivity index (χ0v) is 4.96. The van der Waals surface area contributed by atoms with E-state index in [4.69, 9.17) is 10.8 Å². The molecule has 0 unspecified atom stereocenters. The largest absolute Gasteiger partial charge is 0.465 e. The van der Waals surface area contributed by atoms with Crippen LogP contribution in [0.1, 0.15) is 0 Å². The molecule has 0 aliphatic heterocycles. The normalized spacial score (nSPS) is 9.20. The van der Waals surface area contributed by atoms with E-state index in [-0.39, 0.29) is 11.8 Å². The van der Waals surface area contributed by atoms with Crippen molar-refractivity contribution < 1.29 is 9.90 Å². The molecular formula is C4H6N4O2. The monoisotopic (exact) mass is 142 g/mol. The van der Waals surface area contributed by atoms with E-state index < -0.39 is 6.09 Å². The quantitative estimate of drug-likeness (QED) is 0.445. The minimum Gasteiger partial charge on any atom is -0.465 e. The number of nitrogens with zero attached hydrogens (tertiary/aromatic N) is 1. The molecule has 0 atom stereocenters. The fraction of sp³-hybridized carbons (Fsp3) is 0. The van der Waals surface area contributed by atoms with Gasteiger partial charge in [0.25, 0.3) is 0 Å². The molecule has 0 spiro atoms. The average molecular weight is 142 g/mol. The molecule has 1 aromatic heterocycles. The Morgan fingerprint density at radius 3 is 3.00 bits per heavy atom. The zero-order valence-electron chi connectivity index (χ0n) is 4.96. The summed E-state index contributed by atoms with van der Waals surface area (Å²) in [4.78, 5) is 16.0. The third-order valence-electron chi connectivity index (χ3n) is 0.837. The van der Waals surface area contributed by atoms with Crippen LogP contribution < -0.4 is 11.1 Å². The summed E-state index contributed by atoms with van der Waals surface area (Å²) in [5.41, 5.74) is 5.15. The number of H-pyrrole nitrogens is 1. The van der Waals surface area contributed by atoms with E-state index in [1.165, 1.54) is 6.20 Å². The molecule has 1 amide bonds. The summed E-state index contributed by atoms with van der Waals surface area (Å²) in [5.74, 6) is 0.453. The summed E-state index contributed by atoms with van der Waals surface area (Å²) in [6, 6.07) is 0. The van der Waals surface area contributed by atoms with E-state index in [0.717, 1.165) is 0 Å². The predicted octanol–water partition coefficient (Wildman–Crippen LogP) is 0.0818. The summed E-state index contributed by atoms with van der Waals surface area (Å²) in [6.45, 7) is 0. The van der Waals surface area contributed by atoms with Crippen LogP contribution in [0, 0.1) is 0 Å². The van der Waals surface area contributed by atoms with Crippen molar-refractivity contribution in [2.24, 2.45) is 0 Å². The third kappa shape index (κ3) is 1.38. The number of imidazole rings is 1. The van der Waals surface area contributed by atoms with Crippen LogP contribution in [0.15, 0.2) is 6.20 Å². The second-order valence-corrected chi connectivity index (χ2v) is 1.61. The van der Waals surface area contributed by atoms with Crippen molar-refractivity contribution in [2.75, 3.05) is 11.1 Å². The standard InChI is InChI=1S/C4H6N4O2/c5-3-6-1-2(7-3)8-4(9)10/h1,8H,(H,9,10)(H3,5,6,7). The lowest BCUT2D eigenvalue weighted by Crippen LogP contribution is -2.07. The Bertz CT molecular complexity index is 243. The highest BCUT2D eigenvalue weighted by molar-refractivity contribution is 5.81. The lowest BCUT2D eigenvalue weighted by atomic mass is 10.7. The zero-order chi connectivity index (χ0) is 7.56. The van der Waals surface area contributed by atoms with Gasteiger partial charge in [0.1, 0.15) is 5.82 Å². The number of carboxylic acid groups (broad SMARTS) is 1. The number of rotatable bonds is 1. The maximum absolute atomic E-state index is 9.98. The van der Waals surface area contributed by atoms with Crippen LogP contribution in [0.2, 0.25) is 0 Å². The van der Waals surface area contributed by atoms with Gasteiger partial charge >= 0.3 is 6.09 Å². The average Bonchev–Trinajstić information content (AvgIpc) is 2.13. The second kappa shape index (κ2) is 2.26. The summed E-state index contributed by atoms with van der Waals surface area (Å²) in [5, 5.41) is 10.2. The van der Waals surface area contributed by atoms with Gasteiger partial charge in [-0.25, -0.2) is 9.78 Å². The second-order valence-electron chi connectivity index (χ2n) is 1.61. The van der Waals surface area contributed by atoms with Crippen LogP contribution >= 0.6 is 0 Å². The van der Waals surface area contributed by atoms with Crippen molar-refractivity contribution in [1.29, 1.82) is 0 Å². The molecule has 54 valence electrons. The van der Waals surface area contributed by atoms with E-state index >= 15 is 0 Å². The highest BCUT2D eigenvalue weighted by Gasteiger charge is 1.98. The SMILES string of the molecule is Nc1ncc(NC(=O)O)[nH]1. The van der Waals surface area contributed by atoms with Gasteiger partial charge in [0, 0.05) is 0 Å². The van der Waals surface area contributed by atoms with Crippen molar-refractivity contribution in [3.8, 4) is 0 Å². The van der Waals surface area contributed by atoms with Gasteiger partial charge in [0.2, 0.25) is 0 Å². The molecule has 0 bridgehead atoms. The van der Waals surface area contributed by atoms with Crippen molar-refractivity contribution in [1.82, 2.24) is 9.97 Å². The number of hydrogen-bond acceptors (Lipinski definition) is 3.